The van der Waals surface area contributed by atoms with Gasteiger partial charge in [0.25, 0.3) is 0 Å². The summed E-state index contributed by atoms with van der Waals surface area (Å²) in [6.45, 7) is 11.7. The van der Waals surface area contributed by atoms with Crippen LogP contribution in [0.1, 0.15) is 57.1 Å². The molecular formula is C19H29N. The van der Waals surface area contributed by atoms with E-state index in [4.69, 9.17) is 0 Å². The van der Waals surface area contributed by atoms with Crippen LogP contribution in [0.2, 0.25) is 0 Å². The lowest BCUT2D eigenvalue weighted by molar-refractivity contribution is 0.611. The predicted molar refractivity (Wildman–Crippen MR) is 90.7 cm³/mol. The van der Waals surface area contributed by atoms with Crippen LogP contribution in [-0.2, 0) is 0 Å². The monoisotopic (exact) mass is 271 g/mol. The molecule has 1 aromatic rings. The van der Waals surface area contributed by atoms with Crippen molar-refractivity contribution in [2.24, 2.45) is 0 Å². The quantitative estimate of drug-likeness (QED) is 0.464. The number of aryl methyl sites for hydroxylation is 1. The van der Waals surface area contributed by atoms with Gasteiger partial charge in [0, 0.05) is 12.2 Å². The van der Waals surface area contributed by atoms with E-state index in [9.17, 15) is 0 Å². The summed E-state index contributed by atoms with van der Waals surface area (Å²) in [4.78, 5) is 0. The Bertz CT molecular complexity index is 443. The average molecular weight is 271 g/mol. The fourth-order valence-corrected chi connectivity index (χ4v) is 2.34. The highest BCUT2D eigenvalue weighted by atomic mass is 14.9. The molecule has 0 saturated carbocycles. The summed E-state index contributed by atoms with van der Waals surface area (Å²) in [5.74, 6) is 0. The van der Waals surface area contributed by atoms with Crippen molar-refractivity contribution in [3.63, 3.8) is 0 Å². The van der Waals surface area contributed by atoms with Gasteiger partial charge in [-0.25, -0.2) is 0 Å². The summed E-state index contributed by atoms with van der Waals surface area (Å²) >= 11 is 0. The SMILES string of the molecule is C=C(/C=C(\C)NCCCCCCC)c1ccccc1C. The Morgan fingerprint density at radius 1 is 1.15 bits per heavy atom. The standard InChI is InChI=1S/C19H29N/c1-5-6-7-8-11-14-20-18(4)15-17(3)19-13-10-9-12-16(19)2/h9-10,12-13,15,20H,3,5-8,11,14H2,1-2,4H3/b18-15+. The Labute approximate surface area is 124 Å². The van der Waals surface area contributed by atoms with E-state index >= 15 is 0 Å². The second kappa shape index (κ2) is 9.41. The van der Waals surface area contributed by atoms with E-state index in [2.05, 4.69) is 63.0 Å². The molecule has 20 heavy (non-hydrogen) atoms. The molecule has 0 aliphatic carbocycles. The van der Waals surface area contributed by atoms with Crippen molar-refractivity contribution in [3.05, 3.63) is 53.7 Å². The van der Waals surface area contributed by atoms with Gasteiger partial charge in [-0.15, -0.1) is 0 Å². The Morgan fingerprint density at radius 3 is 2.55 bits per heavy atom. The molecular weight excluding hydrogens is 242 g/mol. The minimum absolute atomic E-state index is 1.06. The first-order valence-corrected chi connectivity index (χ1v) is 7.82. The summed E-state index contributed by atoms with van der Waals surface area (Å²) in [5.41, 5.74) is 4.80. The molecule has 0 heterocycles. The predicted octanol–water partition coefficient (Wildman–Crippen LogP) is 5.47. The number of unbranched alkanes of at least 4 members (excludes halogenated alkanes) is 4. The van der Waals surface area contributed by atoms with Crippen molar-refractivity contribution in [2.75, 3.05) is 6.54 Å². The molecule has 1 N–H and O–H groups in total. The first-order valence-electron chi connectivity index (χ1n) is 7.82. The Kier molecular flexibility index (Phi) is 7.79. The van der Waals surface area contributed by atoms with Gasteiger partial charge in [-0.3, -0.25) is 0 Å². The van der Waals surface area contributed by atoms with E-state index in [-0.39, 0.29) is 0 Å². The fourth-order valence-electron chi connectivity index (χ4n) is 2.34. The zero-order chi connectivity index (χ0) is 14.8. The third-order valence-electron chi connectivity index (χ3n) is 3.57. The second-order valence-corrected chi connectivity index (χ2v) is 5.51. The van der Waals surface area contributed by atoms with Crippen LogP contribution in [0.3, 0.4) is 0 Å². The van der Waals surface area contributed by atoms with Gasteiger partial charge in [0.2, 0.25) is 0 Å². The summed E-state index contributed by atoms with van der Waals surface area (Å²) in [6, 6.07) is 8.39. The highest BCUT2D eigenvalue weighted by molar-refractivity contribution is 5.74. The molecule has 1 aromatic carbocycles. The van der Waals surface area contributed by atoms with E-state index in [1.807, 2.05) is 0 Å². The highest BCUT2D eigenvalue weighted by Gasteiger charge is 2.00. The molecule has 1 nitrogen and oxygen atoms in total. The number of hydrogen-bond acceptors (Lipinski definition) is 1. The van der Waals surface area contributed by atoms with Crippen molar-refractivity contribution in [1.82, 2.24) is 5.32 Å². The summed E-state index contributed by atoms with van der Waals surface area (Å²) in [6.07, 6.45) is 8.75. The molecule has 0 saturated heterocycles. The Morgan fingerprint density at radius 2 is 1.85 bits per heavy atom. The van der Waals surface area contributed by atoms with Gasteiger partial charge in [-0.1, -0.05) is 63.5 Å². The van der Waals surface area contributed by atoms with Crippen molar-refractivity contribution < 1.29 is 0 Å². The number of hydrogen-bond donors (Lipinski definition) is 1. The number of nitrogens with one attached hydrogen (secondary N) is 1. The molecule has 0 amide bonds. The first kappa shape index (κ1) is 16.6. The van der Waals surface area contributed by atoms with Crippen LogP contribution in [0, 0.1) is 6.92 Å². The molecule has 0 unspecified atom stereocenters. The molecule has 0 bridgehead atoms. The summed E-state index contributed by atoms with van der Waals surface area (Å²) in [5, 5.41) is 3.48. The van der Waals surface area contributed by atoms with Crippen LogP contribution >= 0.6 is 0 Å². The molecule has 0 spiro atoms. The normalized spacial score (nSPS) is 11.4. The molecule has 0 aliphatic rings. The van der Waals surface area contributed by atoms with Crippen LogP contribution in [-0.4, -0.2) is 6.54 Å². The van der Waals surface area contributed by atoms with E-state index in [1.54, 1.807) is 0 Å². The molecule has 0 aliphatic heterocycles. The minimum atomic E-state index is 1.06. The lowest BCUT2D eigenvalue weighted by Gasteiger charge is -2.09. The fraction of sp³-hybridized carbons (Fsp3) is 0.474. The van der Waals surface area contributed by atoms with Crippen molar-refractivity contribution in [1.29, 1.82) is 0 Å². The van der Waals surface area contributed by atoms with Crippen LogP contribution < -0.4 is 5.32 Å². The van der Waals surface area contributed by atoms with E-state index in [0.717, 1.165) is 12.1 Å². The van der Waals surface area contributed by atoms with Gasteiger partial charge < -0.3 is 5.32 Å². The molecule has 0 aromatic heterocycles. The zero-order valence-electron chi connectivity index (χ0n) is 13.3. The Hall–Kier alpha value is -1.50. The van der Waals surface area contributed by atoms with Crippen molar-refractivity contribution in [2.45, 2.75) is 52.9 Å². The van der Waals surface area contributed by atoms with Gasteiger partial charge in [-0.05, 0) is 43.0 Å². The van der Waals surface area contributed by atoms with Gasteiger partial charge in [0.1, 0.15) is 0 Å². The molecule has 1 heteroatoms. The molecule has 1 rings (SSSR count). The first-order chi connectivity index (χ1) is 9.65. The summed E-state index contributed by atoms with van der Waals surface area (Å²) < 4.78 is 0. The molecule has 0 atom stereocenters. The minimum Gasteiger partial charge on any atom is -0.389 e. The van der Waals surface area contributed by atoms with Crippen LogP contribution in [0.4, 0.5) is 0 Å². The van der Waals surface area contributed by atoms with E-state index in [0.29, 0.717) is 0 Å². The van der Waals surface area contributed by atoms with Gasteiger partial charge in [0.15, 0.2) is 0 Å². The number of rotatable bonds is 9. The molecule has 0 fully saturated rings. The third-order valence-corrected chi connectivity index (χ3v) is 3.57. The lowest BCUT2D eigenvalue weighted by atomic mass is 10.0. The maximum Gasteiger partial charge on any atom is 0.0143 e. The highest BCUT2D eigenvalue weighted by Crippen LogP contribution is 2.18. The van der Waals surface area contributed by atoms with Gasteiger partial charge in [0.05, 0.1) is 0 Å². The summed E-state index contributed by atoms with van der Waals surface area (Å²) in [7, 11) is 0. The second-order valence-electron chi connectivity index (χ2n) is 5.51. The topological polar surface area (TPSA) is 12.0 Å². The van der Waals surface area contributed by atoms with E-state index < -0.39 is 0 Å². The van der Waals surface area contributed by atoms with Crippen LogP contribution in [0.25, 0.3) is 5.57 Å². The van der Waals surface area contributed by atoms with Crippen LogP contribution in [0.5, 0.6) is 0 Å². The molecule has 110 valence electrons. The lowest BCUT2D eigenvalue weighted by Crippen LogP contribution is -2.12. The zero-order valence-corrected chi connectivity index (χ0v) is 13.3. The van der Waals surface area contributed by atoms with E-state index in [1.165, 1.54) is 48.9 Å². The smallest absolute Gasteiger partial charge is 0.0143 e. The largest absolute Gasteiger partial charge is 0.389 e. The number of allylic oxidation sites excluding steroid dienone is 3. The van der Waals surface area contributed by atoms with Crippen LogP contribution in [0.15, 0.2) is 42.6 Å². The van der Waals surface area contributed by atoms with Crippen molar-refractivity contribution in [3.8, 4) is 0 Å². The third kappa shape index (κ3) is 6.10. The number of benzene rings is 1. The Balaban J connectivity index is 2.37. The maximum absolute atomic E-state index is 4.18. The van der Waals surface area contributed by atoms with Crippen molar-refractivity contribution >= 4 is 5.57 Å². The van der Waals surface area contributed by atoms with Gasteiger partial charge >= 0.3 is 0 Å². The average Bonchev–Trinajstić information content (AvgIpc) is 2.43. The maximum atomic E-state index is 4.18. The van der Waals surface area contributed by atoms with Gasteiger partial charge in [-0.2, -0.15) is 0 Å². The molecule has 0 radical (unpaired) electrons.